The molecular weight excluding hydrogens is 471 g/mol. The number of halogens is 4. The van der Waals surface area contributed by atoms with Crippen LogP contribution in [0, 0.1) is 0 Å². The van der Waals surface area contributed by atoms with Crippen LogP contribution in [0.1, 0.15) is 11.1 Å². The van der Waals surface area contributed by atoms with Crippen LogP contribution in [-0.4, -0.2) is 27.4 Å². The van der Waals surface area contributed by atoms with E-state index in [1.165, 1.54) is 0 Å². The van der Waals surface area contributed by atoms with Crippen LogP contribution in [0.5, 0.6) is 0 Å². The van der Waals surface area contributed by atoms with Crippen molar-refractivity contribution in [1.82, 2.24) is 14.9 Å². The molecule has 1 aliphatic heterocycles. The van der Waals surface area contributed by atoms with E-state index in [-0.39, 0.29) is 34.7 Å². The Kier molecular flexibility index (Phi) is 5.95. The van der Waals surface area contributed by atoms with Crippen molar-refractivity contribution < 1.29 is 22.7 Å². The van der Waals surface area contributed by atoms with Gasteiger partial charge in [0, 0.05) is 12.3 Å². The van der Waals surface area contributed by atoms with Crippen molar-refractivity contribution in [2.75, 3.05) is 5.75 Å². The molecule has 4 rings (SSSR count). The number of alkyl halides is 3. The molecular formula is C20H15ClF3N3O4S. The Balaban J connectivity index is 1.65. The van der Waals surface area contributed by atoms with E-state index in [1.54, 1.807) is 24.3 Å². The number of hydrogen-bond acceptors (Lipinski definition) is 5. The zero-order valence-electron chi connectivity index (χ0n) is 16.2. The number of nitrogens with zero attached hydrogens (tertiary/aromatic N) is 1. The van der Waals surface area contributed by atoms with Gasteiger partial charge < -0.3 is 10.1 Å². The lowest BCUT2D eigenvalue weighted by Gasteiger charge is -2.17. The van der Waals surface area contributed by atoms with Crippen LogP contribution in [0.15, 0.2) is 50.9 Å². The lowest BCUT2D eigenvalue weighted by atomic mass is 10.1. The van der Waals surface area contributed by atoms with E-state index in [0.29, 0.717) is 6.07 Å². The maximum absolute atomic E-state index is 13.4. The number of nitrogens with one attached hydrogen (secondary N) is 2. The van der Waals surface area contributed by atoms with Crippen molar-refractivity contribution in [3.05, 3.63) is 73.4 Å². The Morgan fingerprint density at radius 2 is 2.00 bits per heavy atom. The Bertz CT molecular complexity index is 1310. The molecule has 3 aromatic rings. The molecule has 7 nitrogen and oxygen atoms in total. The second-order valence-electron chi connectivity index (χ2n) is 7.05. The first-order chi connectivity index (χ1) is 15.1. The van der Waals surface area contributed by atoms with Gasteiger partial charge in [0.15, 0.2) is 0 Å². The number of benzene rings is 2. The lowest BCUT2D eigenvalue weighted by Crippen LogP contribution is -2.42. The molecule has 32 heavy (non-hydrogen) atoms. The average molecular weight is 486 g/mol. The molecule has 2 N–H and O–H groups in total. The van der Waals surface area contributed by atoms with Gasteiger partial charge in [-0.3, -0.25) is 14.3 Å². The molecule has 2 heterocycles. The smallest absolute Gasteiger partial charge is 0.417 e. The molecule has 0 unspecified atom stereocenters. The van der Waals surface area contributed by atoms with Crippen molar-refractivity contribution in [3.8, 4) is 0 Å². The summed E-state index contributed by atoms with van der Waals surface area (Å²) in [5.41, 5.74) is -2.15. The molecule has 0 fully saturated rings. The average Bonchev–Trinajstić information content (AvgIpc) is 2.92. The normalized spacial score (nSPS) is 15.9. The SMILES string of the molecule is O=C(N[C@@H]1CSc2c(Cl)c(C(F)(F)F)cc3c(=O)[nH]c(=O)n(c23)C1)OCc1ccccc1. The number of aromatic nitrogens is 2. The summed E-state index contributed by atoms with van der Waals surface area (Å²) in [6.45, 7) is -0.0649. The van der Waals surface area contributed by atoms with Gasteiger partial charge in [-0.05, 0) is 11.6 Å². The highest BCUT2D eigenvalue weighted by Gasteiger charge is 2.37. The van der Waals surface area contributed by atoms with E-state index in [1.807, 2.05) is 11.1 Å². The van der Waals surface area contributed by atoms with Crippen LogP contribution >= 0.6 is 23.4 Å². The minimum atomic E-state index is -4.79. The number of amides is 1. The predicted molar refractivity (Wildman–Crippen MR) is 113 cm³/mol. The minimum Gasteiger partial charge on any atom is -0.445 e. The summed E-state index contributed by atoms with van der Waals surface area (Å²) >= 11 is 6.97. The van der Waals surface area contributed by atoms with E-state index in [4.69, 9.17) is 16.3 Å². The largest absolute Gasteiger partial charge is 0.445 e. The highest BCUT2D eigenvalue weighted by molar-refractivity contribution is 7.99. The summed E-state index contributed by atoms with van der Waals surface area (Å²) in [7, 11) is 0. The van der Waals surface area contributed by atoms with Gasteiger partial charge in [0.05, 0.1) is 32.4 Å². The van der Waals surface area contributed by atoms with Crippen molar-refractivity contribution in [1.29, 1.82) is 0 Å². The molecule has 0 aliphatic carbocycles. The monoisotopic (exact) mass is 485 g/mol. The van der Waals surface area contributed by atoms with Gasteiger partial charge in [0.1, 0.15) is 6.61 Å². The number of hydrogen-bond donors (Lipinski definition) is 2. The second kappa shape index (κ2) is 8.55. The van der Waals surface area contributed by atoms with Crippen molar-refractivity contribution in [2.45, 2.75) is 30.3 Å². The molecule has 0 spiro atoms. The zero-order valence-corrected chi connectivity index (χ0v) is 17.7. The fourth-order valence-electron chi connectivity index (χ4n) is 3.39. The summed E-state index contributed by atoms with van der Waals surface area (Å²) in [6, 6.07) is 8.93. The number of carbonyl (C=O) groups is 1. The Morgan fingerprint density at radius 1 is 1.28 bits per heavy atom. The first kappa shape index (κ1) is 22.3. The standard InChI is InChI=1S/C20H15ClF3N3O4S/c21-14-13(20(22,23)24)6-12-15-16(14)32-9-11(7-27(15)18(29)26-17(12)28)25-19(30)31-8-10-4-2-1-3-5-10/h1-6,11H,7-9H2,(H,25,30)(H,26,28,29)/t11-/m0/s1. The third kappa shape index (κ3) is 4.35. The highest BCUT2D eigenvalue weighted by atomic mass is 35.5. The van der Waals surface area contributed by atoms with Crippen molar-refractivity contribution >= 4 is 40.4 Å². The van der Waals surface area contributed by atoms with Crippen LogP contribution in [-0.2, 0) is 24.1 Å². The van der Waals surface area contributed by atoms with Gasteiger partial charge in [0.2, 0.25) is 0 Å². The van der Waals surface area contributed by atoms with Crippen LogP contribution in [0.3, 0.4) is 0 Å². The van der Waals surface area contributed by atoms with E-state index < -0.39 is 40.1 Å². The molecule has 0 radical (unpaired) electrons. The fraction of sp³-hybridized carbons (Fsp3) is 0.250. The minimum absolute atomic E-state index is 0.00343. The quantitative estimate of drug-likeness (QED) is 0.589. The number of thioether (sulfide) groups is 1. The molecule has 2 aromatic carbocycles. The second-order valence-corrected chi connectivity index (χ2v) is 8.45. The summed E-state index contributed by atoms with van der Waals surface area (Å²) in [6.07, 6.45) is -5.54. The summed E-state index contributed by atoms with van der Waals surface area (Å²) < 4.78 is 46.6. The Morgan fingerprint density at radius 3 is 2.69 bits per heavy atom. The first-order valence-electron chi connectivity index (χ1n) is 9.31. The molecule has 0 saturated heterocycles. The Labute approximate surface area is 187 Å². The third-order valence-electron chi connectivity index (χ3n) is 4.85. The van der Waals surface area contributed by atoms with Crippen molar-refractivity contribution in [2.24, 2.45) is 0 Å². The molecule has 1 aromatic heterocycles. The van der Waals surface area contributed by atoms with E-state index in [2.05, 4.69) is 5.32 Å². The number of carbonyl (C=O) groups excluding carboxylic acids is 1. The molecule has 0 saturated carbocycles. The van der Waals surface area contributed by atoms with E-state index in [0.717, 1.165) is 21.9 Å². The van der Waals surface area contributed by atoms with E-state index in [9.17, 15) is 27.6 Å². The Hall–Kier alpha value is -2.92. The highest BCUT2D eigenvalue weighted by Crippen LogP contribution is 2.43. The van der Waals surface area contributed by atoms with Crippen LogP contribution < -0.4 is 16.6 Å². The topological polar surface area (TPSA) is 93.2 Å². The van der Waals surface area contributed by atoms with Crippen LogP contribution in [0.2, 0.25) is 5.02 Å². The van der Waals surface area contributed by atoms with Gasteiger partial charge in [0.25, 0.3) is 5.56 Å². The third-order valence-corrected chi connectivity index (χ3v) is 6.61. The van der Waals surface area contributed by atoms with E-state index >= 15 is 0 Å². The summed E-state index contributed by atoms with van der Waals surface area (Å²) in [5, 5.41) is 1.71. The number of rotatable bonds is 3. The first-order valence-corrected chi connectivity index (χ1v) is 10.7. The number of aromatic amines is 1. The van der Waals surface area contributed by atoms with Crippen molar-refractivity contribution in [3.63, 3.8) is 0 Å². The predicted octanol–water partition coefficient (Wildman–Crippen LogP) is 3.76. The molecule has 1 amide bonds. The number of ether oxygens (including phenoxy) is 1. The summed E-state index contributed by atoms with van der Waals surface area (Å²) in [5.74, 6) is 0.103. The van der Waals surface area contributed by atoms with Gasteiger partial charge in [-0.1, -0.05) is 41.9 Å². The lowest BCUT2D eigenvalue weighted by molar-refractivity contribution is -0.137. The van der Waals surface area contributed by atoms with Gasteiger partial charge in [-0.25, -0.2) is 9.59 Å². The van der Waals surface area contributed by atoms with Gasteiger partial charge in [-0.15, -0.1) is 11.8 Å². The number of alkyl carbamates (subject to hydrolysis) is 1. The molecule has 168 valence electrons. The fourth-order valence-corrected chi connectivity index (χ4v) is 4.95. The van der Waals surface area contributed by atoms with Crippen LogP contribution in [0.25, 0.3) is 10.9 Å². The maximum Gasteiger partial charge on any atom is 0.417 e. The summed E-state index contributed by atoms with van der Waals surface area (Å²) in [4.78, 5) is 38.9. The van der Waals surface area contributed by atoms with Gasteiger partial charge in [-0.2, -0.15) is 13.2 Å². The van der Waals surface area contributed by atoms with Crippen LogP contribution in [0.4, 0.5) is 18.0 Å². The van der Waals surface area contributed by atoms with Gasteiger partial charge >= 0.3 is 18.0 Å². The maximum atomic E-state index is 13.4. The zero-order chi connectivity index (χ0) is 23.0. The molecule has 1 aliphatic rings. The number of H-pyrrole nitrogens is 1. The molecule has 12 heteroatoms. The molecule has 1 atom stereocenters. The molecule has 0 bridgehead atoms.